The largest absolute Gasteiger partial charge is 0.504 e. The first-order valence-corrected chi connectivity index (χ1v) is 10.8. The number of rotatable bonds is 5. The first kappa shape index (κ1) is 20.2. The minimum absolute atomic E-state index is 0.161. The first-order valence-electron chi connectivity index (χ1n) is 10.8. The number of carbonyl (C=O) groups is 1. The summed E-state index contributed by atoms with van der Waals surface area (Å²) < 4.78 is 7.51. The molecule has 0 spiro atoms. The smallest absolute Gasteiger partial charge is 0.228 e. The van der Waals surface area contributed by atoms with Gasteiger partial charge in [-0.15, -0.1) is 0 Å². The van der Waals surface area contributed by atoms with Crippen LogP contribution in [-0.2, 0) is 11.2 Å². The van der Waals surface area contributed by atoms with Crippen LogP contribution >= 0.6 is 0 Å². The third kappa shape index (κ3) is 4.07. The summed E-state index contributed by atoms with van der Waals surface area (Å²) in [6, 6.07) is 13.7. The molecule has 2 aliphatic heterocycles. The van der Waals surface area contributed by atoms with E-state index in [9.17, 15) is 4.79 Å². The molecule has 2 aliphatic rings. The van der Waals surface area contributed by atoms with E-state index >= 15 is 0 Å². The van der Waals surface area contributed by atoms with E-state index < -0.39 is 0 Å². The van der Waals surface area contributed by atoms with Crippen molar-refractivity contribution in [2.75, 3.05) is 39.3 Å². The van der Waals surface area contributed by atoms with Gasteiger partial charge in [0.2, 0.25) is 11.6 Å². The van der Waals surface area contributed by atoms with Gasteiger partial charge in [-0.25, -0.2) is 14.5 Å². The highest BCUT2D eigenvalue weighted by atomic mass is 16.5. The molecule has 0 aliphatic carbocycles. The normalized spacial score (nSPS) is 18.1. The molecule has 1 aromatic heterocycles. The summed E-state index contributed by atoms with van der Waals surface area (Å²) in [5.41, 5.74) is 3.64. The third-order valence-corrected chi connectivity index (χ3v) is 6.19. The predicted octanol–water partition coefficient (Wildman–Crippen LogP) is 2.68. The van der Waals surface area contributed by atoms with Gasteiger partial charge in [0.15, 0.2) is 0 Å². The highest BCUT2D eigenvalue weighted by molar-refractivity contribution is 5.79. The molecule has 2 aromatic carbocycles. The summed E-state index contributed by atoms with van der Waals surface area (Å²) in [5, 5.41) is 4.12. The van der Waals surface area contributed by atoms with E-state index in [-0.39, 0.29) is 11.8 Å². The molecule has 3 aromatic rings. The predicted molar refractivity (Wildman–Crippen MR) is 119 cm³/mol. The standard InChI is InChI=1S/C24H24N6O2/c1-25-22-4-2-3-21-19(15-32-24(21)22)14-28-9-11-29(12-10-28)23(31)13-18-5-7-20(8-6-18)30-17-26-16-27-30/h2-8,16-17,19H,9-15H2. The van der Waals surface area contributed by atoms with Crippen LogP contribution in [0.4, 0.5) is 5.69 Å². The van der Waals surface area contributed by atoms with E-state index in [1.165, 1.54) is 6.33 Å². The summed E-state index contributed by atoms with van der Waals surface area (Å²) in [5.74, 6) is 1.18. The van der Waals surface area contributed by atoms with Gasteiger partial charge in [0, 0.05) is 38.6 Å². The number of carbonyl (C=O) groups excluding carboxylic acids is 1. The number of fused-ring (bicyclic) bond motifs is 1. The molecular formula is C24H24N6O2. The van der Waals surface area contributed by atoms with Crippen LogP contribution < -0.4 is 4.74 Å². The van der Waals surface area contributed by atoms with Crippen molar-refractivity contribution in [3.05, 3.63) is 77.7 Å². The molecule has 0 bridgehead atoms. The van der Waals surface area contributed by atoms with Crippen LogP contribution in [-0.4, -0.2) is 69.8 Å². The van der Waals surface area contributed by atoms with Crippen molar-refractivity contribution in [3.63, 3.8) is 0 Å². The summed E-state index contributed by atoms with van der Waals surface area (Å²) in [6.45, 7) is 12.0. The van der Waals surface area contributed by atoms with Gasteiger partial charge in [-0.3, -0.25) is 9.69 Å². The van der Waals surface area contributed by atoms with Crippen molar-refractivity contribution in [1.29, 1.82) is 0 Å². The number of hydrogen-bond acceptors (Lipinski definition) is 5. The van der Waals surface area contributed by atoms with Crippen molar-refractivity contribution in [2.45, 2.75) is 12.3 Å². The highest BCUT2D eigenvalue weighted by Gasteiger charge is 2.29. The SMILES string of the molecule is [C-]#[N+]c1cccc2c1OCC2CN1CCN(C(=O)Cc2ccc(-n3cncn3)cc2)CC1. The Balaban J connectivity index is 1.13. The van der Waals surface area contributed by atoms with Crippen LogP contribution in [0.15, 0.2) is 55.1 Å². The maximum absolute atomic E-state index is 12.8. The molecule has 0 N–H and O–H groups in total. The molecule has 1 atom stereocenters. The van der Waals surface area contributed by atoms with Crippen molar-refractivity contribution < 1.29 is 9.53 Å². The monoisotopic (exact) mass is 428 g/mol. The maximum atomic E-state index is 12.8. The summed E-state index contributed by atoms with van der Waals surface area (Å²) in [7, 11) is 0. The molecular weight excluding hydrogens is 404 g/mol. The Kier molecular flexibility index (Phi) is 5.57. The van der Waals surface area contributed by atoms with Gasteiger partial charge in [-0.05, 0) is 23.3 Å². The fourth-order valence-corrected chi connectivity index (χ4v) is 4.42. The number of aromatic nitrogens is 3. The van der Waals surface area contributed by atoms with Gasteiger partial charge in [0.05, 0.1) is 25.3 Å². The lowest BCUT2D eigenvalue weighted by molar-refractivity contribution is -0.132. The quantitative estimate of drug-likeness (QED) is 0.585. The van der Waals surface area contributed by atoms with Crippen molar-refractivity contribution >= 4 is 11.6 Å². The second-order valence-electron chi connectivity index (χ2n) is 8.18. The van der Waals surface area contributed by atoms with E-state index in [0.717, 1.165) is 55.3 Å². The number of para-hydroxylation sites is 1. The van der Waals surface area contributed by atoms with Crippen molar-refractivity contribution in [1.82, 2.24) is 24.6 Å². The second-order valence-corrected chi connectivity index (χ2v) is 8.18. The molecule has 0 saturated carbocycles. The van der Waals surface area contributed by atoms with Crippen LogP contribution in [0.5, 0.6) is 5.75 Å². The Morgan fingerprint density at radius 1 is 1.12 bits per heavy atom. The van der Waals surface area contributed by atoms with Crippen LogP contribution in [0.3, 0.4) is 0 Å². The van der Waals surface area contributed by atoms with Gasteiger partial charge in [-0.2, -0.15) is 5.10 Å². The Labute approximate surface area is 186 Å². The van der Waals surface area contributed by atoms with E-state index in [1.54, 1.807) is 17.1 Å². The lowest BCUT2D eigenvalue weighted by atomic mass is 9.99. The topological polar surface area (TPSA) is 67.8 Å². The minimum Gasteiger partial charge on any atom is -0.504 e. The number of hydrogen-bond donors (Lipinski definition) is 0. The number of benzene rings is 2. The summed E-state index contributed by atoms with van der Waals surface area (Å²) in [6.07, 6.45) is 3.56. The lowest BCUT2D eigenvalue weighted by Gasteiger charge is -2.35. The van der Waals surface area contributed by atoms with E-state index in [0.29, 0.717) is 18.7 Å². The molecule has 5 rings (SSSR count). The Morgan fingerprint density at radius 3 is 2.66 bits per heavy atom. The zero-order valence-electron chi connectivity index (χ0n) is 17.7. The molecule has 0 radical (unpaired) electrons. The lowest BCUT2D eigenvalue weighted by Crippen LogP contribution is -2.50. The molecule has 8 nitrogen and oxygen atoms in total. The van der Waals surface area contributed by atoms with Gasteiger partial charge in [-0.1, -0.05) is 30.3 Å². The van der Waals surface area contributed by atoms with Crippen molar-refractivity contribution in [3.8, 4) is 11.4 Å². The molecule has 1 unspecified atom stereocenters. The molecule has 8 heteroatoms. The van der Waals surface area contributed by atoms with Crippen LogP contribution in [0.2, 0.25) is 0 Å². The number of nitrogens with zero attached hydrogens (tertiary/aromatic N) is 6. The maximum Gasteiger partial charge on any atom is 0.228 e. The number of ether oxygens (including phenoxy) is 1. The average molecular weight is 428 g/mol. The molecule has 32 heavy (non-hydrogen) atoms. The molecule has 162 valence electrons. The molecule has 1 saturated heterocycles. The third-order valence-electron chi connectivity index (χ3n) is 6.19. The molecule has 3 heterocycles. The van der Waals surface area contributed by atoms with Gasteiger partial charge in [0.1, 0.15) is 18.4 Å². The fourth-order valence-electron chi connectivity index (χ4n) is 4.42. The molecule has 1 fully saturated rings. The van der Waals surface area contributed by atoms with Crippen molar-refractivity contribution in [2.24, 2.45) is 0 Å². The average Bonchev–Trinajstić information content (AvgIpc) is 3.51. The van der Waals surface area contributed by atoms with Gasteiger partial charge >= 0.3 is 0 Å². The Bertz CT molecular complexity index is 1130. The number of amides is 1. The van der Waals surface area contributed by atoms with Crippen LogP contribution in [0, 0.1) is 6.57 Å². The van der Waals surface area contributed by atoms with E-state index in [4.69, 9.17) is 11.3 Å². The summed E-state index contributed by atoms with van der Waals surface area (Å²) >= 11 is 0. The van der Waals surface area contributed by atoms with E-state index in [2.05, 4.69) is 25.9 Å². The zero-order valence-corrected chi connectivity index (χ0v) is 17.7. The first-order chi connectivity index (χ1) is 15.7. The zero-order chi connectivity index (χ0) is 21.9. The van der Waals surface area contributed by atoms with Crippen LogP contribution in [0.1, 0.15) is 17.0 Å². The molecule has 1 amide bonds. The van der Waals surface area contributed by atoms with Gasteiger partial charge in [0.25, 0.3) is 0 Å². The Hall–Kier alpha value is -3.70. The Morgan fingerprint density at radius 2 is 1.94 bits per heavy atom. The summed E-state index contributed by atoms with van der Waals surface area (Å²) in [4.78, 5) is 24.7. The fraction of sp³-hybridized carbons (Fsp3) is 0.333. The van der Waals surface area contributed by atoms with Gasteiger partial charge < -0.3 is 9.64 Å². The van der Waals surface area contributed by atoms with Crippen LogP contribution in [0.25, 0.3) is 10.5 Å². The van der Waals surface area contributed by atoms with E-state index in [1.807, 2.05) is 35.2 Å². The minimum atomic E-state index is 0.161. The number of piperazine rings is 1. The highest BCUT2D eigenvalue weighted by Crippen LogP contribution is 2.41. The second kappa shape index (κ2) is 8.81.